The summed E-state index contributed by atoms with van der Waals surface area (Å²) < 4.78 is 34.8. The Morgan fingerprint density at radius 1 is 1.21 bits per heavy atom. The smallest absolute Gasteiger partial charge is 0.243 e. The average molecular weight is 494 g/mol. The zero-order valence-electron chi connectivity index (χ0n) is 20.9. The summed E-state index contributed by atoms with van der Waals surface area (Å²) >= 11 is 0. The third-order valence-electron chi connectivity index (χ3n) is 6.43. The second-order valence-electron chi connectivity index (χ2n) is 8.72. The summed E-state index contributed by atoms with van der Waals surface area (Å²) in [6.07, 6.45) is 1.76. The first-order valence-electron chi connectivity index (χ1n) is 12.4. The second kappa shape index (κ2) is 12.1. The Balaban J connectivity index is 1.70. The number of sulfonamides is 1. The molecule has 1 amide bonds. The second-order valence-corrected chi connectivity index (χ2v) is 10.7. The van der Waals surface area contributed by atoms with Crippen molar-refractivity contribution in [3.8, 4) is 0 Å². The Labute approximate surface area is 203 Å². The predicted octanol–water partition coefficient (Wildman–Crippen LogP) is 2.25. The lowest BCUT2D eigenvalue weighted by molar-refractivity contribution is -0.121. The average Bonchev–Trinajstić information content (AvgIpc) is 3.19. The van der Waals surface area contributed by atoms with Crippen LogP contribution in [0.25, 0.3) is 11.0 Å². The van der Waals surface area contributed by atoms with Crippen LogP contribution < -0.4 is 5.32 Å². The van der Waals surface area contributed by atoms with Gasteiger partial charge < -0.3 is 14.6 Å². The number of nitrogens with zero attached hydrogens (tertiary/aromatic N) is 4. The molecule has 1 N–H and O–H groups in total. The van der Waals surface area contributed by atoms with Crippen LogP contribution in [0.2, 0.25) is 0 Å². The maximum atomic E-state index is 12.9. The number of amides is 1. The molecule has 1 aromatic carbocycles. The quantitative estimate of drug-likeness (QED) is 0.487. The summed E-state index contributed by atoms with van der Waals surface area (Å²) in [5.74, 6) is 0.811. The number of morpholine rings is 1. The minimum absolute atomic E-state index is 0.0000132. The SMILES string of the molecule is CCCn1c(CCC(=O)NCC(C)N2CCOCC2)nc2cc(S(=O)(=O)N(CC)CC)ccc21. The highest BCUT2D eigenvalue weighted by atomic mass is 32.2. The predicted molar refractivity (Wildman–Crippen MR) is 133 cm³/mol. The van der Waals surface area contributed by atoms with E-state index in [0.29, 0.717) is 38.0 Å². The largest absolute Gasteiger partial charge is 0.379 e. The molecule has 190 valence electrons. The molecule has 10 heteroatoms. The van der Waals surface area contributed by atoms with Crippen molar-refractivity contribution in [2.75, 3.05) is 45.9 Å². The van der Waals surface area contributed by atoms with Crippen molar-refractivity contribution >= 4 is 27.0 Å². The van der Waals surface area contributed by atoms with Gasteiger partial charge in [-0.05, 0) is 31.5 Å². The minimum Gasteiger partial charge on any atom is -0.379 e. The van der Waals surface area contributed by atoms with Gasteiger partial charge in [0.05, 0.1) is 29.1 Å². The zero-order chi connectivity index (χ0) is 24.7. The van der Waals surface area contributed by atoms with Gasteiger partial charge in [0.2, 0.25) is 15.9 Å². The number of aromatic nitrogens is 2. The first-order chi connectivity index (χ1) is 16.3. The fraction of sp³-hybridized carbons (Fsp3) is 0.667. The summed E-state index contributed by atoms with van der Waals surface area (Å²) in [6, 6.07) is 5.42. The molecule has 0 radical (unpaired) electrons. The minimum atomic E-state index is -3.55. The Kier molecular flexibility index (Phi) is 9.47. The van der Waals surface area contributed by atoms with Crippen molar-refractivity contribution in [3.63, 3.8) is 0 Å². The molecule has 1 saturated heterocycles. The number of carbonyl (C=O) groups is 1. The number of hydrogen-bond acceptors (Lipinski definition) is 6. The van der Waals surface area contributed by atoms with E-state index in [-0.39, 0.29) is 16.8 Å². The summed E-state index contributed by atoms with van der Waals surface area (Å²) in [4.78, 5) is 19.9. The van der Waals surface area contributed by atoms with Gasteiger partial charge in [0.15, 0.2) is 0 Å². The van der Waals surface area contributed by atoms with Gasteiger partial charge in [-0.3, -0.25) is 9.69 Å². The maximum absolute atomic E-state index is 12.9. The summed E-state index contributed by atoms with van der Waals surface area (Å²) in [5.41, 5.74) is 1.55. The van der Waals surface area contributed by atoms with Crippen molar-refractivity contribution in [3.05, 3.63) is 24.0 Å². The molecular weight excluding hydrogens is 454 g/mol. The number of ether oxygens (including phenoxy) is 1. The van der Waals surface area contributed by atoms with Crippen molar-refractivity contribution in [1.29, 1.82) is 0 Å². The summed E-state index contributed by atoms with van der Waals surface area (Å²) in [5, 5.41) is 3.05. The van der Waals surface area contributed by atoms with Crippen LogP contribution in [0.1, 0.15) is 46.4 Å². The molecule has 0 aliphatic carbocycles. The topological polar surface area (TPSA) is 96.8 Å². The molecule has 2 heterocycles. The third-order valence-corrected chi connectivity index (χ3v) is 8.47. The fourth-order valence-electron chi connectivity index (χ4n) is 4.42. The number of imidazole rings is 1. The number of aryl methyl sites for hydroxylation is 2. The summed E-state index contributed by atoms with van der Waals surface area (Å²) in [6.45, 7) is 13.4. The lowest BCUT2D eigenvalue weighted by Crippen LogP contribution is -2.47. The number of rotatable bonds is 12. The van der Waals surface area contributed by atoms with E-state index >= 15 is 0 Å². The number of carbonyl (C=O) groups excluding carboxylic acids is 1. The van der Waals surface area contributed by atoms with Crippen LogP contribution in [-0.2, 0) is 32.5 Å². The van der Waals surface area contributed by atoms with Gasteiger partial charge in [0.25, 0.3) is 0 Å². The Bertz CT molecular complexity index is 1060. The molecule has 1 atom stereocenters. The van der Waals surface area contributed by atoms with Crippen molar-refractivity contribution in [1.82, 2.24) is 24.1 Å². The van der Waals surface area contributed by atoms with Crippen LogP contribution in [0.3, 0.4) is 0 Å². The highest BCUT2D eigenvalue weighted by molar-refractivity contribution is 7.89. The van der Waals surface area contributed by atoms with E-state index in [9.17, 15) is 13.2 Å². The molecule has 34 heavy (non-hydrogen) atoms. The van der Waals surface area contributed by atoms with E-state index in [4.69, 9.17) is 9.72 Å². The molecule has 2 aromatic rings. The molecule has 1 unspecified atom stereocenters. The molecule has 9 nitrogen and oxygen atoms in total. The third kappa shape index (κ3) is 6.16. The molecule has 0 saturated carbocycles. The van der Waals surface area contributed by atoms with Crippen LogP contribution >= 0.6 is 0 Å². The number of benzene rings is 1. The molecule has 3 rings (SSSR count). The first kappa shape index (κ1) is 26.6. The molecular formula is C24H39N5O4S. The monoisotopic (exact) mass is 493 g/mol. The Hall–Kier alpha value is -2.01. The first-order valence-corrected chi connectivity index (χ1v) is 13.8. The van der Waals surface area contributed by atoms with Gasteiger partial charge in [-0.1, -0.05) is 20.8 Å². The van der Waals surface area contributed by atoms with Gasteiger partial charge in [-0.2, -0.15) is 4.31 Å². The van der Waals surface area contributed by atoms with Gasteiger partial charge >= 0.3 is 0 Å². The zero-order valence-corrected chi connectivity index (χ0v) is 21.7. The van der Waals surface area contributed by atoms with Gasteiger partial charge in [0.1, 0.15) is 5.82 Å². The van der Waals surface area contributed by atoms with Crippen LogP contribution in [0.4, 0.5) is 0 Å². The van der Waals surface area contributed by atoms with E-state index in [1.54, 1.807) is 12.1 Å². The fourth-order valence-corrected chi connectivity index (χ4v) is 5.90. The lowest BCUT2D eigenvalue weighted by atomic mass is 10.2. The van der Waals surface area contributed by atoms with Gasteiger partial charge in [0, 0.05) is 58.2 Å². The molecule has 1 aliphatic rings. The Morgan fingerprint density at radius 2 is 1.91 bits per heavy atom. The van der Waals surface area contributed by atoms with E-state index in [2.05, 4.69) is 28.6 Å². The van der Waals surface area contributed by atoms with E-state index in [1.165, 1.54) is 4.31 Å². The number of hydrogen-bond donors (Lipinski definition) is 1. The normalized spacial score (nSPS) is 16.3. The number of fused-ring (bicyclic) bond motifs is 1. The van der Waals surface area contributed by atoms with E-state index in [0.717, 1.165) is 50.6 Å². The van der Waals surface area contributed by atoms with Crippen molar-refractivity contribution in [2.45, 2.75) is 64.4 Å². The van der Waals surface area contributed by atoms with Crippen LogP contribution in [0.5, 0.6) is 0 Å². The standard InChI is InChI=1S/C24H39N5O4S/c1-5-12-29-22-9-8-20(34(31,32)28(6-2)7-3)17-21(22)26-23(29)10-11-24(30)25-18-19(4)27-13-15-33-16-14-27/h8-9,17,19H,5-7,10-16,18H2,1-4H3,(H,25,30). The van der Waals surface area contributed by atoms with Crippen LogP contribution in [-0.4, -0.2) is 85.1 Å². The molecule has 1 aromatic heterocycles. The van der Waals surface area contributed by atoms with Crippen molar-refractivity contribution < 1.29 is 17.9 Å². The highest BCUT2D eigenvalue weighted by Gasteiger charge is 2.23. The van der Waals surface area contributed by atoms with Gasteiger partial charge in [-0.15, -0.1) is 0 Å². The maximum Gasteiger partial charge on any atom is 0.243 e. The summed E-state index contributed by atoms with van der Waals surface area (Å²) in [7, 11) is -3.55. The Morgan fingerprint density at radius 3 is 2.56 bits per heavy atom. The lowest BCUT2D eigenvalue weighted by Gasteiger charge is -2.32. The van der Waals surface area contributed by atoms with E-state index in [1.807, 2.05) is 19.9 Å². The van der Waals surface area contributed by atoms with E-state index < -0.39 is 10.0 Å². The van der Waals surface area contributed by atoms with Crippen molar-refractivity contribution in [2.24, 2.45) is 0 Å². The van der Waals surface area contributed by atoms with Crippen LogP contribution in [0, 0.1) is 0 Å². The number of nitrogens with one attached hydrogen (secondary N) is 1. The van der Waals surface area contributed by atoms with Crippen LogP contribution in [0.15, 0.2) is 23.1 Å². The highest BCUT2D eigenvalue weighted by Crippen LogP contribution is 2.24. The molecule has 1 aliphatic heterocycles. The molecule has 1 fully saturated rings. The molecule has 0 bridgehead atoms. The van der Waals surface area contributed by atoms with Gasteiger partial charge in [-0.25, -0.2) is 13.4 Å². The molecule has 0 spiro atoms.